The van der Waals surface area contributed by atoms with Gasteiger partial charge in [0.1, 0.15) is 0 Å². The Kier molecular flexibility index (Phi) is 6.41. The molecule has 2 aromatic carbocycles. The Bertz CT molecular complexity index is 1030. The lowest BCUT2D eigenvalue weighted by Gasteiger charge is -2.13. The highest BCUT2D eigenvalue weighted by Gasteiger charge is 2.11. The maximum Gasteiger partial charge on any atom is 0.291 e. The van der Waals surface area contributed by atoms with Gasteiger partial charge in [-0.1, -0.05) is 19.1 Å². The van der Waals surface area contributed by atoms with Gasteiger partial charge in [0.25, 0.3) is 11.8 Å². The van der Waals surface area contributed by atoms with E-state index in [9.17, 15) is 9.59 Å². The molecular weight excluding hydrogens is 386 g/mol. The van der Waals surface area contributed by atoms with Gasteiger partial charge in [-0.2, -0.15) is 0 Å². The average Bonchev–Trinajstić information content (AvgIpc) is 3.25. The van der Waals surface area contributed by atoms with E-state index in [1.54, 1.807) is 36.4 Å². The average molecular weight is 407 g/mol. The maximum absolute atomic E-state index is 12.3. The summed E-state index contributed by atoms with van der Waals surface area (Å²) in [5.74, 6) is -0.359. The van der Waals surface area contributed by atoms with Gasteiger partial charge < -0.3 is 15.1 Å². The largest absolute Gasteiger partial charge is 0.459 e. The van der Waals surface area contributed by atoms with Gasteiger partial charge in [-0.05, 0) is 79.2 Å². The normalized spacial score (nSPS) is 10.3. The molecular formula is C22H21N3O3S. The fraction of sp³-hybridized carbons (Fsp3) is 0.136. The molecule has 0 bridgehead atoms. The molecule has 0 unspecified atom stereocenters. The predicted octanol–water partition coefficient (Wildman–Crippen LogP) is 4.53. The van der Waals surface area contributed by atoms with E-state index in [4.69, 9.17) is 16.6 Å². The summed E-state index contributed by atoms with van der Waals surface area (Å²) in [6.07, 6.45) is 2.36. The molecule has 0 aliphatic heterocycles. The highest BCUT2D eigenvalue weighted by Crippen LogP contribution is 2.20. The molecule has 2 amide bonds. The minimum absolute atomic E-state index is 0.196. The molecule has 3 rings (SSSR count). The topological polar surface area (TPSA) is 83.4 Å². The van der Waals surface area contributed by atoms with Crippen LogP contribution in [0, 0.1) is 6.92 Å². The molecule has 7 heteroatoms. The van der Waals surface area contributed by atoms with Gasteiger partial charge >= 0.3 is 0 Å². The minimum atomic E-state index is -0.323. The van der Waals surface area contributed by atoms with Crippen molar-refractivity contribution in [2.45, 2.75) is 20.3 Å². The molecule has 0 radical (unpaired) electrons. The smallest absolute Gasteiger partial charge is 0.291 e. The number of aryl methyl sites for hydroxylation is 2. The lowest BCUT2D eigenvalue weighted by molar-refractivity contribution is 0.0975. The highest BCUT2D eigenvalue weighted by atomic mass is 32.1. The van der Waals surface area contributed by atoms with Crippen LogP contribution in [0.3, 0.4) is 0 Å². The summed E-state index contributed by atoms with van der Waals surface area (Å²) in [6, 6.07) is 16.0. The van der Waals surface area contributed by atoms with E-state index < -0.39 is 0 Å². The standard InChI is InChI=1S/C22H21N3O3S/c1-3-15-6-8-16(9-7-15)20(26)25-22(29)23-17-10-11-18(14(2)13-17)24-21(27)19-5-4-12-28-19/h4-13H,3H2,1-2H3,(H,24,27)(H2,23,25,26,29). The van der Waals surface area contributed by atoms with Crippen LogP contribution in [0.5, 0.6) is 0 Å². The first-order valence-electron chi connectivity index (χ1n) is 9.13. The Balaban J connectivity index is 1.59. The number of anilines is 2. The quantitative estimate of drug-likeness (QED) is 0.541. The number of thiocarbonyl (C=S) groups is 1. The van der Waals surface area contributed by atoms with Crippen molar-refractivity contribution in [2.24, 2.45) is 0 Å². The number of benzene rings is 2. The fourth-order valence-corrected chi connectivity index (χ4v) is 2.91. The zero-order chi connectivity index (χ0) is 20.8. The van der Waals surface area contributed by atoms with Gasteiger partial charge in [-0.25, -0.2) is 0 Å². The van der Waals surface area contributed by atoms with Crippen molar-refractivity contribution in [3.63, 3.8) is 0 Å². The van der Waals surface area contributed by atoms with Crippen LogP contribution >= 0.6 is 12.2 Å². The van der Waals surface area contributed by atoms with Crippen LogP contribution in [0.25, 0.3) is 0 Å². The van der Waals surface area contributed by atoms with Crippen molar-refractivity contribution < 1.29 is 14.0 Å². The van der Waals surface area contributed by atoms with Crippen molar-refractivity contribution >= 4 is 40.5 Å². The first-order chi connectivity index (χ1) is 14.0. The van der Waals surface area contributed by atoms with E-state index in [2.05, 4.69) is 22.9 Å². The van der Waals surface area contributed by atoms with Crippen molar-refractivity contribution in [2.75, 3.05) is 10.6 Å². The molecule has 0 saturated heterocycles. The number of rotatable bonds is 5. The van der Waals surface area contributed by atoms with E-state index in [1.807, 2.05) is 25.1 Å². The third-order valence-electron chi connectivity index (χ3n) is 4.33. The van der Waals surface area contributed by atoms with Gasteiger partial charge in [0.05, 0.1) is 6.26 Å². The van der Waals surface area contributed by atoms with Crippen molar-refractivity contribution in [3.05, 3.63) is 83.3 Å². The van der Waals surface area contributed by atoms with Crippen molar-refractivity contribution in [1.82, 2.24) is 5.32 Å². The SMILES string of the molecule is CCc1ccc(C(=O)NC(=S)Nc2ccc(NC(=O)c3ccco3)c(C)c2)cc1. The third-order valence-corrected chi connectivity index (χ3v) is 4.53. The molecule has 3 N–H and O–H groups in total. The van der Waals surface area contributed by atoms with Gasteiger partial charge in [0.15, 0.2) is 10.9 Å². The molecule has 6 nitrogen and oxygen atoms in total. The third kappa shape index (κ3) is 5.30. The van der Waals surface area contributed by atoms with Crippen molar-refractivity contribution in [3.8, 4) is 0 Å². The van der Waals surface area contributed by atoms with Crippen LogP contribution in [0.4, 0.5) is 11.4 Å². The molecule has 29 heavy (non-hydrogen) atoms. The zero-order valence-electron chi connectivity index (χ0n) is 16.1. The monoisotopic (exact) mass is 407 g/mol. The van der Waals surface area contributed by atoms with Crippen LogP contribution in [-0.2, 0) is 6.42 Å². The summed E-state index contributed by atoms with van der Waals surface area (Å²) < 4.78 is 5.09. The van der Waals surface area contributed by atoms with E-state index in [0.717, 1.165) is 17.5 Å². The number of amides is 2. The van der Waals surface area contributed by atoms with Crippen LogP contribution in [-0.4, -0.2) is 16.9 Å². The number of hydrogen-bond acceptors (Lipinski definition) is 4. The Morgan fingerprint density at radius 3 is 2.38 bits per heavy atom. The fourth-order valence-electron chi connectivity index (χ4n) is 2.70. The molecule has 3 aromatic rings. The Hall–Kier alpha value is -3.45. The number of carbonyl (C=O) groups is 2. The van der Waals surface area contributed by atoms with Crippen LogP contribution in [0.15, 0.2) is 65.3 Å². The number of carbonyl (C=O) groups excluding carboxylic acids is 2. The molecule has 0 aliphatic carbocycles. The molecule has 148 valence electrons. The van der Waals surface area contributed by atoms with E-state index >= 15 is 0 Å². The molecule has 0 spiro atoms. The minimum Gasteiger partial charge on any atom is -0.459 e. The molecule has 0 atom stereocenters. The summed E-state index contributed by atoms with van der Waals surface area (Å²) in [7, 11) is 0. The molecule has 0 fully saturated rings. The van der Waals surface area contributed by atoms with E-state index in [1.165, 1.54) is 6.26 Å². The summed E-state index contributed by atoms with van der Waals surface area (Å²) in [5, 5.41) is 8.64. The van der Waals surface area contributed by atoms with Gasteiger partial charge in [-0.15, -0.1) is 0 Å². The zero-order valence-corrected chi connectivity index (χ0v) is 16.9. The Morgan fingerprint density at radius 1 is 1.00 bits per heavy atom. The second-order valence-corrected chi connectivity index (χ2v) is 6.83. The number of furan rings is 1. The summed E-state index contributed by atoms with van der Waals surface area (Å²) in [5.41, 5.74) is 3.89. The second-order valence-electron chi connectivity index (χ2n) is 6.42. The predicted molar refractivity (Wildman–Crippen MR) is 117 cm³/mol. The van der Waals surface area contributed by atoms with Crippen LogP contribution < -0.4 is 16.0 Å². The first kappa shape index (κ1) is 20.3. The van der Waals surface area contributed by atoms with Gasteiger partial charge in [-0.3, -0.25) is 14.9 Å². The summed E-state index contributed by atoms with van der Waals surface area (Å²) in [4.78, 5) is 24.4. The maximum atomic E-state index is 12.3. The van der Waals surface area contributed by atoms with Gasteiger partial charge in [0, 0.05) is 16.9 Å². The lowest BCUT2D eigenvalue weighted by atomic mass is 10.1. The van der Waals surface area contributed by atoms with E-state index in [-0.39, 0.29) is 22.7 Å². The molecule has 1 aromatic heterocycles. The molecule has 0 saturated carbocycles. The lowest BCUT2D eigenvalue weighted by Crippen LogP contribution is -2.34. The number of hydrogen-bond donors (Lipinski definition) is 3. The summed E-state index contributed by atoms with van der Waals surface area (Å²) >= 11 is 5.24. The van der Waals surface area contributed by atoms with Crippen molar-refractivity contribution in [1.29, 1.82) is 0 Å². The Morgan fingerprint density at radius 2 is 1.76 bits per heavy atom. The van der Waals surface area contributed by atoms with Crippen LogP contribution in [0.1, 0.15) is 39.0 Å². The van der Waals surface area contributed by atoms with Gasteiger partial charge in [0.2, 0.25) is 0 Å². The van der Waals surface area contributed by atoms with Crippen LogP contribution in [0.2, 0.25) is 0 Å². The Labute approximate surface area is 174 Å². The second kappa shape index (κ2) is 9.16. The van der Waals surface area contributed by atoms with E-state index in [0.29, 0.717) is 16.9 Å². The number of nitrogens with one attached hydrogen (secondary N) is 3. The molecule has 0 aliphatic rings. The summed E-state index contributed by atoms with van der Waals surface area (Å²) in [6.45, 7) is 3.92. The molecule has 1 heterocycles. The highest BCUT2D eigenvalue weighted by molar-refractivity contribution is 7.80. The first-order valence-corrected chi connectivity index (χ1v) is 9.54.